The van der Waals surface area contributed by atoms with E-state index in [9.17, 15) is 43.2 Å². The van der Waals surface area contributed by atoms with Crippen molar-refractivity contribution in [3.63, 3.8) is 0 Å². The Morgan fingerprint density at radius 1 is 0.315 bits per heavy atom. The number of ether oxygens (including phenoxy) is 4. The van der Waals surface area contributed by atoms with Gasteiger partial charge < -0.3 is 33.8 Å². The van der Waals surface area contributed by atoms with Crippen LogP contribution in [-0.4, -0.2) is 96.7 Å². The maximum absolute atomic E-state index is 13.0. The third-order valence-corrected chi connectivity index (χ3v) is 16.4. The Morgan fingerprint density at radius 3 is 0.935 bits per heavy atom. The monoisotopic (exact) mass is 1340 g/mol. The molecule has 5 unspecified atom stereocenters. The van der Waals surface area contributed by atoms with Crippen LogP contribution in [0.1, 0.15) is 285 Å². The van der Waals surface area contributed by atoms with Crippen LogP contribution >= 0.6 is 15.6 Å². The first-order valence-corrected chi connectivity index (χ1v) is 38.5. The predicted octanol–water partition coefficient (Wildman–Crippen LogP) is 19.7. The average molecular weight is 1340 g/mol. The molecule has 0 aliphatic carbocycles. The molecule has 0 aliphatic rings. The van der Waals surface area contributed by atoms with E-state index >= 15 is 0 Å². The predicted molar refractivity (Wildman–Crippen MR) is 372 cm³/mol. The Bertz CT molecular complexity index is 2130. The van der Waals surface area contributed by atoms with Crippen LogP contribution in [0.3, 0.4) is 0 Å². The summed E-state index contributed by atoms with van der Waals surface area (Å²) in [4.78, 5) is 72.5. The van der Waals surface area contributed by atoms with Crippen molar-refractivity contribution in [2.75, 3.05) is 39.6 Å². The molecule has 0 bridgehead atoms. The molecular weight excluding hydrogens is 1210 g/mol. The summed E-state index contributed by atoms with van der Waals surface area (Å²) in [5, 5.41) is 10.6. The summed E-state index contributed by atoms with van der Waals surface area (Å²) in [5.74, 6) is -2.25. The largest absolute Gasteiger partial charge is 0.472 e. The molecule has 0 rings (SSSR count). The van der Waals surface area contributed by atoms with E-state index in [4.69, 9.17) is 37.0 Å². The van der Waals surface area contributed by atoms with Gasteiger partial charge in [-0.1, -0.05) is 240 Å². The number of phosphoric ester groups is 2. The first-order chi connectivity index (χ1) is 44.7. The van der Waals surface area contributed by atoms with E-state index in [0.717, 1.165) is 154 Å². The topological polar surface area (TPSA) is 237 Å². The molecular formula is C73H126O17P2. The number of hydrogen-bond donors (Lipinski definition) is 3. The van der Waals surface area contributed by atoms with Crippen molar-refractivity contribution in [1.29, 1.82) is 0 Å². The van der Waals surface area contributed by atoms with Crippen LogP contribution in [0.5, 0.6) is 0 Å². The van der Waals surface area contributed by atoms with Gasteiger partial charge in [0.2, 0.25) is 0 Å². The Labute approximate surface area is 557 Å². The van der Waals surface area contributed by atoms with Gasteiger partial charge in [-0.3, -0.25) is 37.3 Å². The summed E-state index contributed by atoms with van der Waals surface area (Å²) in [6, 6.07) is 0. The quantitative estimate of drug-likeness (QED) is 0.0169. The van der Waals surface area contributed by atoms with Crippen molar-refractivity contribution in [3.8, 4) is 0 Å². The summed E-state index contributed by atoms with van der Waals surface area (Å²) in [5.41, 5.74) is 0. The molecule has 0 fully saturated rings. The average Bonchev–Trinajstić information content (AvgIpc) is 2.93. The molecule has 5 atom stereocenters. The fraction of sp³-hybridized carbons (Fsp3) is 0.726. The lowest BCUT2D eigenvalue weighted by Crippen LogP contribution is -2.30. The van der Waals surface area contributed by atoms with Gasteiger partial charge in [-0.15, -0.1) is 0 Å². The van der Waals surface area contributed by atoms with E-state index in [-0.39, 0.29) is 25.7 Å². The van der Waals surface area contributed by atoms with Gasteiger partial charge in [0.05, 0.1) is 26.4 Å². The second-order valence-corrected chi connectivity index (χ2v) is 26.3. The van der Waals surface area contributed by atoms with Gasteiger partial charge in [-0.2, -0.15) is 0 Å². The first-order valence-electron chi connectivity index (χ1n) is 35.5. The lowest BCUT2D eigenvalue weighted by molar-refractivity contribution is -0.161. The molecule has 0 saturated heterocycles. The van der Waals surface area contributed by atoms with Gasteiger partial charge in [-0.05, 0) is 116 Å². The van der Waals surface area contributed by atoms with Crippen molar-refractivity contribution >= 4 is 39.5 Å². The highest BCUT2D eigenvalue weighted by Crippen LogP contribution is 2.45. The van der Waals surface area contributed by atoms with Crippen molar-refractivity contribution in [2.24, 2.45) is 0 Å². The number of carbonyl (C=O) groups excluding carboxylic acids is 4. The van der Waals surface area contributed by atoms with Gasteiger partial charge in [0, 0.05) is 25.7 Å². The Morgan fingerprint density at radius 2 is 0.576 bits per heavy atom. The fourth-order valence-corrected chi connectivity index (χ4v) is 10.7. The normalized spacial score (nSPS) is 14.6. The number of aliphatic hydroxyl groups is 1. The second kappa shape index (κ2) is 65.6. The molecule has 0 aromatic heterocycles. The molecule has 0 heterocycles. The lowest BCUT2D eigenvalue weighted by atomic mass is 10.1. The molecule has 3 N–H and O–H groups in total. The van der Waals surface area contributed by atoms with Crippen LogP contribution in [-0.2, 0) is 65.4 Å². The summed E-state index contributed by atoms with van der Waals surface area (Å²) in [6.45, 7) is 4.51. The number of allylic oxidation sites excluding steroid dienone is 16. The SMILES string of the molecule is CC/C=C\C/C=C\C/C=C\C/C=C\CCCCC(=O)OCC(COP(=O)(O)OCC(O)COP(=O)(O)OCC(COC(=O)CCCCCCC/C=C\CCCC)OC(=O)CCCCCCCCCCCCC)OC(=O)CCCCCCC/C=C\C/C=C\C/C=C\CC. The number of aliphatic hydroxyl groups excluding tert-OH is 1. The molecule has 0 spiro atoms. The third kappa shape index (κ3) is 64.7. The fourth-order valence-electron chi connectivity index (χ4n) is 9.15. The van der Waals surface area contributed by atoms with Crippen LogP contribution in [0, 0.1) is 0 Å². The summed E-state index contributed by atoms with van der Waals surface area (Å²) >= 11 is 0. The van der Waals surface area contributed by atoms with Crippen LogP contribution in [0.2, 0.25) is 0 Å². The van der Waals surface area contributed by atoms with E-state index < -0.39 is 97.5 Å². The number of esters is 4. The van der Waals surface area contributed by atoms with Crippen LogP contribution < -0.4 is 0 Å². The number of phosphoric acid groups is 2. The van der Waals surface area contributed by atoms with Crippen LogP contribution in [0.15, 0.2) is 97.2 Å². The number of unbranched alkanes of at least 4 members (excludes halogenated alkanes) is 24. The van der Waals surface area contributed by atoms with Gasteiger partial charge >= 0.3 is 39.5 Å². The van der Waals surface area contributed by atoms with Crippen molar-refractivity contribution < 1.29 is 80.2 Å². The van der Waals surface area contributed by atoms with Crippen molar-refractivity contribution in [1.82, 2.24) is 0 Å². The Balaban J connectivity index is 5.37. The van der Waals surface area contributed by atoms with Gasteiger partial charge in [0.1, 0.15) is 19.3 Å². The summed E-state index contributed by atoms with van der Waals surface area (Å²) in [7, 11) is -9.95. The zero-order valence-electron chi connectivity index (χ0n) is 57.4. The van der Waals surface area contributed by atoms with E-state index in [1.807, 2.05) is 0 Å². The van der Waals surface area contributed by atoms with Crippen LogP contribution in [0.25, 0.3) is 0 Å². The third-order valence-electron chi connectivity index (χ3n) is 14.5. The van der Waals surface area contributed by atoms with Gasteiger partial charge in [0.25, 0.3) is 0 Å². The van der Waals surface area contributed by atoms with Crippen molar-refractivity contribution in [2.45, 2.75) is 303 Å². The first kappa shape index (κ1) is 88.0. The van der Waals surface area contributed by atoms with Gasteiger partial charge in [-0.25, -0.2) is 9.13 Å². The maximum Gasteiger partial charge on any atom is 0.472 e. The lowest BCUT2D eigenvalue weighted by Gasteiger charge is -2.21. The van der Waals surface area contributed by atoms with E-state index in [1.54, 1.807) is 0 Å². The molecule has 92 heavy (non-hydrogen) atoms. The Hall–Kier alpha value is -4.02. The maximum atomic E-state index is 13.0. The highest BCUT2D eigenvalue weighted by atomic mass is 31.2. The smallest absolute Gasteiger partial charge is 0.462 e. The highest BCUT2D eigenvalue weighted by molar-refractivity contribution is 7.47. The van der Waals surface area contributed by atoms with E-state index in [1.165, 1.54) is 51.4 Å². The number of rotatable bonds is 66. The minimum absolute atomic E-state index is 0.0657. The number of hydrogen-bond acceptors (Lipinski definition) is 15. The molecule has 17 nitrogen and oxygen atoms in total. The Kier molecular flexibility index (Phi) is 62.8. The molecule has 0 amide bonds. The van der Waals surface area contributed by atoms with Gasteiger partial charge in [0.15, 0.2) is 12.2 Å². The van der Waals surface area contributed by atoms with Crippen molar-refractivity contribution in [3.05, 3.63) is 97.2 Å². The molecule has 0 aliphatic heterocycles. The molecule has 19 heteroatoms. The molecule has 0 aromatic rings. The molecule has 0 saturated carbocycles. The number of carbonyl (C=O) groups is 4. The zero-order chi connectivity index (χ0) is 67.5. The minimum atomic E-state index is -4.98. The second-order valence-electron chi connectivity index (χ2n) is 23.4. The molecule has 0 radical (unpaired) electrons. The standard InChI is InChI=1S/C73H126O17P2/c1-5-9-13-17-21-25-29-31-33-35-39-42-46-50-54-58-71(76)84-64-69(90-73(78)60-56-52-48-44-40-36-34-32-30-26-22-18-14-10-6-2)66-88-92(81,82)86-62-67(74)61-85-91(79,80)87-65-68(89-72(77)59-55-51-47-43-38-28-24-20-16-12-8-4)63-83-70(75)57-53-49-45-41-37-27-23-19-15-11-7-3/h9-10,13-14,19,21-23,25-26,31-34,39,42,67-69,74H,5-8,11-12,15-18,20,24,27-30,35-38,40-41,43-66H2,1-4H3,(H,79,80)(H,81,82)/b13-9-,14-10-,23-19-,25-21-,26-22-,33-31-,34-32-,42-39-. The summed E-state index contributed by atoms with van der Waals surface area (Å²) in [6.07, 6.45) is 65.7. The summed E-state index contributed by atoms with van der Waals surface area (Å²) < 4.78 is 68.2. The molecule has 530 valence electrons. The zero-order valence-corrected chi connectivity index (χ0v) is 59.2. The minimum Gasteiger partial charge on any atom is -0.462 e. The van der Waals surface area contributed by atoms with Crippen LogP contribution in [0.4, 0.5) is 0 Å². The van der Waals surface area contributed by atoms with E-state index in [2.05, 4.69) is 125 Å². The van der Waals surface area contributed by atoms with E-state index in [0.29, 0.717) is 25.7 Å². The molecule has 0 aromatic carbocycles. The highest BCUT2D eigenvalue weighted by Gasteiger charge is 2.30.